The van der Waals surface area contributed by atoms with E-state index in [1.54, 1.807) is 6.07 Å². The molecule has 2 aromatic carbocycles. The smallest absolute Gasteiger partial charge is 0.423 e. The second kappa shape index (κ2) is 7.87. The minimum Gasteiger partial charge on any atom is -0.423 e. The predicted octanol–water partition coefficient (Wildman–Crippen LogP) is 1.84. The van der Waals surface area contributed by atoms with Gasteiger partial charge in [-0.2, -0.15) is 4.98 Å². The number of likely N-dealkylation sites (N-methyl/N-ethyl adjacent to an activating group) is 1. The first kappa shape index (κ1) is 19.8. The number of hydrogen-bond donors (Lipinski definition) is 3. The van der Waals surface area contributed by atoms with Crippen LogP contribution >= 0.6 is 0 Å². The summed E-state index contributed by atoms with van der Waals surface area (Å²) in [5, 5.41) is 23.1. The Bertz CT molecular complexity index is 1110. The van der Waals surface area contributed by atoms with Crippen molar-refractivity contribution in [1.29, 1.82) is 0 Å². The van der Waals surface area contributed by atoms with Gasteiger partial charge in [-0.25, -0.2) is 4.98 Å². The highest BCUT2D eigenvalue weighted by Gasteiger charge is 2.34. The first-order chi connectivity index (χ1) is 15.0. The third kappa shape index (κ3) is 3.51. The molecule has 0 saturated carbocycles. The first-order valence-electron chi connectivity index (χ1n) is 10.7. The molecule has 1 atom stereocenters. The predicted molar refractivity (Wildman–Crippen MR) is 124 cm³/mol. The van der Waals surface area contributed by atoms with Crippen LogP contribution in [-0.2, 0) is 19.4 Å². The zero-order chi connectivity index (χ0) is 21.5. The van der Waals surface area contributed by atoms with Crippen LogP contribution in [0, 0.1) is 0 Å². The average Bonchev–Trinajstić information content (AvgIpc) is 3.31. The summed E-state index contributed by atoms with van der Waals surface area (Å²) in [6.07, 6.45) is 1.60. The number of anilines is 4. The highest BCUT2D eigenvalue weighted by molar-refractivity contribution is 6.59. The molecule has 1 aromatic heterocycles. The molecule has 0 amide bonds. The molecule has 8 heteroatoms. The summed E-state index contributed by atoms with van der Waals surface area (Å²) in [4.78, 5) is 14.2. The maximum absolute atomic E-state index is 9.80. The minimum atomic E-state index is -1.49. The Morgan fingerprint density at radius 3 is 2.68 bits per heavy atom. The minimum absolute atomic E-state index is 0.119. The third-order valence-electron chi connectivity index (χ3n) is 6.19. The summed E-state index contributed by atoms with van der Waals surface area (Å²) in [5.74, 6) is 1.49. The van der Waals surface area contributed by atoms with Gasteiger partial charge >= 0.3 is 7.12 Å². The Hall–Kier alpha value is -3.10. The van der Waals surface area contributed by atoms with Gasteiger partial charge in [0.2, 0.25) is 5.95 Å². The Balaban J connectivity index is 1.55. The van der Waals surface area contributed by atoms with Crippen LogP contribution in [0.4, 0.5) is 23.1 Å². The number of nitrogens with one attached hydrogen (secondary N) is 1. The monoisotopic (exact) mass is 415 g/mol. The second-order valence-corrected chi connectivity index (χ2v) is 8.32. The van der Waals surface area contributed by atoms with Gasteiger partial charge in [-0.15, -0.1) is 0 Å². The van der Waals surface area contributed by atoms with Crippen molar-refractivity contribution in [2.45, 2.75) is 32.4 Å². The van der Waals surface area contributed by atoms with E-state index in [4.69, 9.17) is 9.97 Å². The second-order valence-electron chi connectivity index (χ2n) is 8.32. The molecule has 3 heterocycles. The first-order valence-corrected chi connectivity index (χ1v) is 10.7. The normalized spacial score (nSPS) is 17.0. The van der Waals surface area contributed by atoms with Gasteiger partial charge in [-0.3, -0.25) is 0 Å². The maximum atomic E-state index is 9.80. The van der Waals surface area contributed by atoms with Crippen molar-refractivity contribution in [1.82, 2.24) is 9.97 Å². The Labute approximate surface area is 182 Å². The molecule has 0 bridgehead atoms. The SMILES string of the molecule is CC1Cc2c(B(O)O)cccc2N1c1nc2c(c(NCc3ccccc3)n1)N(C)CC2. The van der Waals surface area contributed by atoms with Crippen LogP contribution in [0.1, 0.15) is 23.7 Å². The lowest BCUT2D eigenvalue weighted by atomic mass is 9.76. The van der Waals surface area contributed by atoms with Crippen LogP contribution in [0.2, 0.25) is 0 Å². The Morgan fingerprint density at radius 1 is 1.10 bits per heavy atom. The Morgan fingerprint density at radius 2 is 1.90 bits per heavy atom. The molecule has 2 aliphatic heterocycles. The number of rotatable bonds is 5. The van der Waals surface area contributed by atoms with Crippen molar-refractivity contribution in [3.05, 3.63) is 65.4 Å². The van der Waals surface area contributed by atoms with Crippen LogP contribution in [0.25, 0.3) is 0 Å². The molecular formula is C23H26BN5O2. The summed E-state index contributed by atoms with van der Waals surface area (Å²) >= 11 is 0. The highest BCUT2D eigenvalue weighted by Crippen LogP contribution is 2.40. The molecule has 0 spiro atoms. The quantitative estimate of drug-likeness (QED) is 0.549. The van der Waals surface area contributed by atoms with E-state index in [0.717, 1.165) is 47.8 Å². The zero-order valence-electron chi connectivity index (χ0n) is 17.8. The summed E-state index contributed by atoms with van der Waals surface area (Å²) in [6.45, 7) is 3.72. The van der Waals surface area contributed by atoms with Crippen molar-refractivity contribution in [2.24, 2.45) is 0 Å². The van der Waals surface area contributed by atoms with E-state index >= 15 is 0 Å². The van der Waals surface area contributed by atoms with E-state index in [2.05, 4.69) is 41.2 Å². The fraction of sp³-hybridized carbons (Fsp3) is 0.304. The lowest BCUT2D eigenvalue weighted by molar-refractivity contribution is 0.425. The van der Waals surface area contributed by atoms with E-state index in [9.17, 15) is 10.0 Å². The molecule has 0 fully saturated rings. The molecule has 0 aliphatic carbocycles. The van der Waals surface area contributed by atoms with Gasteiger partial charge in [-0.1, -0.05) is 42.5 Å². The van der Waals surface area contributed by atoms with E-state index in [1.165, 1.54) is 5.56 Å². The van der Waals surface area contributed by atoms with Crippen LogP contribution in [-0.4, -0.2) is 46.8 Å². The summed E-state index contributed by atoms with van der Waals surface area (Å²) < 4.78 is 0. The molecular weight excluding hydrogens is 389 g/mol. The van der Waals surface area contributed by atoms with Crippen molar-refractivity contribution in [3.8, 4) is 0 Å². The largest absolute Gasteiger partial charge is 0.488 e. The summed E-state index contributed by atoms with van der Waals surface area (Å²) in [5.41, 5.74) is 5.74. The molecule has 31 heavy (non-hydrogen) atoms. The van der Waals surface area contributed by atoms with E-state index < -0.39 is 7.12 Å². The Kier molecular flexibility index (Phi) is 5.04. The molecule has 3 aromatic rings. The van der Waals surface area contributed by atoms with E-state index in [1.807, 2.05) is 30.3 Å². The molecule has 158 valence electrons. The third-order valence-corrected chi connectivity index (χ3v) is 6.19. The van der Waals surface area contributed by atoms with Crippen LogP contribution in [0.15, 0.2) is 48.5 Å². The van der Waals surface area contributed by atoms with Crippen LogP contribution < -0.4 is 20.6 Å². The molecule has 0 saturated heterocycles. The van der Waals surface area contributed by atoms with Gasteiger partial charge in [0, 0.05) is 38.3 Å². The summed E-state index contributed by atoms with van der Waals surface area (Å²) in [6, 6.07) is 16.0. The molecule has 3 N–H and O–H groups in total. The topological polar surface area (TPSA) is 84.8 Å². The van der Waals surface area contributed by atoms with E-state index in [0.29, 0.717) is 18.0 Å². The summed E-state index contributed by atoms with van der Waals surface area (Å²) in [7, 11) is 0.588. The molecule has 0 radical (unpaired) electrons. The number of benzene rings is 2. The van der Waals surface area contributed by atoms with Gasteiger partial charge in [0.05, 0.1) is 5.69 Å². The average molecular weight is 415 g/mol. The maximum Gasteiger partial charge on any atom is 0.488 e. The highest BCUT2D eigenvalue weighted by atomic mass is 16.4. The lowest BCUT2D eigenvalue weighted by Crippen LogP contribution is -2.32. The fourth-order valence-electron chi connectivity index (χ4n) is 4.67. The lowest BCUT2D eigenvalue weighted by Gasteiger charge is -2.25. The number of hydrogen-bond acceptors (Lipinski definition) is 7. The van der Waals surface area contributed by atoms with Gasteiger partial charge in [0.25, 0.3) is 0 Å². The van der Waals surface area contributed by atoms with Crippen molar-refractivity contribution in [3.63, 3.8) is 0 Å². The standard InChI is InChI=1S/C23H26BN5O2/c1-15-13-17-18(24(30)31)9-6-10-20(17)29(15)23-26-19-11-12-28(2)21(19)22(27-23)25-14-16-7-4-3-5-8-16/h3-10,15,30-31H,11-14H2,1-2H3,(H,25,26,27). The number of nitrogens with zero attached hydrogens (tertiary/aromatic N) is 4. The molecule has 7 nitrogen and oxygen atoms in total. The van der Waals surface area contributed by atoms with Gasteiger partial charge in [-0.05, 0) is 36.0 Å². The molecule has 2 aliphatic rings. The van der Waals surface area contributed by atoms with Gasteiger partial charge < -0.3 is 25.2 Å². The van der Waals surface area contributed by atoms with Crippen molar-refractivity contribution < 1.29 is 10.0 Å². The van der Waals surface area contributed by atoms with Crippen molar-refractivity contribution in [2.75, 3.05) is 28.7 Å². The van der Waals surface area contributed by atoms with Gasteiger partial charge in [0.1, 0.15) is 5.69 Å². The van der Waals surface area contributed by atoms with Gasteiger partial charge in [0.15, 0.2) is 5.82 Å². The van der Waals surface area contributed by atoms with E-state index in [-0.39, 0.29) is 6.04 Å². The van der Waals surface area contributed by atoms with Crippen LogP contribution in [0.3, 0.4) is 0 Å². The zero-order valence-corrected chi connectivity index (χ0v) is 17.8. The number of aromatic nitrogens is 2. The molecule has 1 unspecified atom stereocenters. The van der Waals surface area contributed by atoms with Crippen molar-refractivity contribution >= 4 is 35.7 Å². The number of fused-ring (bicyclic) bond motifs is 2. The van der Waals surface area contributed by atoms with Crippen LogP contribution in [0.5, 0.6) is 0 Å². The molecule has 5 rings (SSSR count). The fourth-order valence-corrected chi connectivity index (χ4v) is 4.67.